The summed E-state index contributed by atoms with van der Waals surface area (Å²) in [7, 11) is 0. The minimum Gasteiger partial charge on any atom is -0.467 e. The number of nitrogens with zero attached hydrogens (tertiary/aromatic N) is 4. The summed E-state index contributed by atoms with van der Waals surface area (Å²) in [5, 5.41) is 11.8. The molecule has 6 nitrogen and oxygen atoms in total. The Hall–Kier alpha value is -2.00. The van der Waals surface area contributed by atoms with Crippen LogP contribution in [0.5, 0.6) is 0 Å². The zero-order chi connectivity index (χ0) is 19.6. The Kier molecular flexibility index (Phi) is 5.50. The molecule has 1 aliphatic rings. The molecule has 3 aromatic heterocycles. The van der Waals surface area contributed by atoms with Crippen LogP contribution >= 0.6 is 34.7 Å². The number of thiophene rings is 1. The first-order valence-corrected chi connectivity index (χ1v) is 11.5. The van der Waals surface area contributed by atoms with Crippen LogP contribution in [0.1, 0.15) is 10.6 Å². The van der Waals surface area contributed by atoms with Crippen molar-refractivity contribution >= 4 is 50.7 Å². The van der Waals surface area contributed by atoms with Crippen molar-refractivity contribution in [3.8, 4) is 0 Å². The van der Waals surface area contributed by atoms with Gasteiger partial charge in [-0.05, 0) is 18.2 Å². The van der Waals surface area contributed by atoms with Crippen LogP contribution in [0.4, 0.5) is 5.95 Å². The van der Waals surface area contributed by atoms with Gasteiger partial charge in [-0.2, -0.15) is 0 Å². The standard InChI is InChI=1S/C20H19ClN4O2S2/c21-18-15-5-1-2-6-16(15)29-17(18)13-28-20-23-22-19(24-7-10-26-11-8-24)25(20)12-14-4-3-9-27-14/h1-6,9H,7-8,10-13H2. The molecular formula is C20H19ClN4O2S2. The van der Waals surface area contributed by atoms with Crippen LogP contribution in [0.3, 0.4) is 0 Å². The zero-order valence-corrected chi connectivity index (χ0v) is 18.0. The summed E-state index contributed by atoms with van der Waals surface area (Å²) in [4.78, 5) is 3.37. The minimum atomic E-state index is 0.592. The lowest BCUT2D eigenvalue weighted by Gasteiger charge is -2.27. The molecule has 0 radical (unpaired) electrons. The molecule has 0 saturated carbocycles. The Morgan fingerprint density at radius 1 is 1.10 bits per heavy atom. The van der Waals surface area contributed by atoms with E-state index in [0.29, 0.717) is 19.8 Å². The molecule has 0 aliphatic carbocycles. The molecule has 0 N–H and O–H groups in total. The summed E-state index contributed by atoms with van der Waals surface area (Å²) < 4.78 is 14.4. The van der Waals surface area contributed by atoms with Crippen molar-refractivity contribution in [1.82, 2.24) is 14.8 Å². The van der Waals surface area contributed by atoms with Crippen LogP contribution in [-0.2, 0) is 17.0 Å². The third kappa shape index (κ3) is 3.90. The molecule has 1 saturated heterocycles. The minimum absolute atomic E-state index is 0.592. The lowest BCUT2D eigenvalue weighted by molar-refractivity contribution is 0.121. The van der Waals surface area contributed by atoms with E-state index in [4.69, 9.17) is 20.8 Å². The highest BCUT2D eigenvalue weighted by molar-refractivity contribution is 7.98. The Morgan fingerprint density at radius 2 is 1.97 bits per heavy atom. The summed E-state index contributed by atoms with van der Waals surface area (Å²) in [5.41, 5.74) is 0. The van der Waals surface area contributed by atoms with Gasteiger partial charge in [0.1, 0.15) is 5.76 Å². The van der Waals surface area contributed by atoms with Gasteiger partial charge in [0.2, 0.25) is 5.95 Å². The normalized spacial score (nSPS) is 14.7. The number of furan rings is 1. The lowest BCUT2D eigenvalue weighted by Crippen LogP contribution is -2.38. The van der Waals surface area contributed by atoms with Crippen LogP contribution in [0, 0.1) is 0 Å². The van der Waals surface area contributed by atoms with E-state index in [1.807, 2.05) is 24.3 Å². The average molecular weight is 447 g/mol. The molecule has 0 unspecified atom stereocenters. The summed E-state index contributed by atoms with van der Waals surface area (Å²) in [5.74, 6) is 2.48. The van der Waals surface area contributed by atoms with Gasteiger partial charge in [-0.15, -0.1) is 21.5 Å². The lowest BCUT2D eigenvalue weighted by atomic mass is 10.2. The number of fused-ring (bicyclic) bond motifs is 1. The highest BCUT2D eigenvalue weighted by atomic mass is 35.5. The summed E-state index contributed by atoms with van der Waals surface area (Å²) in [6, 6.07) is 12.1. The summed E-state index contributed by atoms with van der Waals surface area (Å²) in [6.07, 6.45) is 1.69. The maximum absolute atomic E-state index is 6.62. The molecule has 0 atom stereocenters. The number of anilines is 1. The Balaban J connectivity index is 1.42. The third-order valence-electron chi connectivity index (χ3n) is 4.82. The number of hydrogen-bond donors (Lipinski definition) is 0. The number of rotatable bonds is 6. The predicted octanol–water partition coefficient (Wildman–Crippen LogP) is 4.92. The van der Waals surface area contributed by atoms with E-state index in [0.717, 1.165) is 51.0 Å². The van der Waals surface area contributed by atoms with E-state index in [-0.39, 0.29) is 0 Å². The van der Waals surface area contributed by atoms with Gasteiger partial charge in [0.05, 0.1) is 31.0 Å². The monoisotopic (exact) mass is 446 g/mol. The van der Waals surface area contributed by atoms with Crippen molar-refractivity contribution in [2.24, 2.45) is 0 Å². The molecule has 1 aliphatic heterocycles. The summed E-state index contributed by atoms with van der Waals surface area (Å²) >= 11 is 10.0. The van der Waals surface area contributed by atoms with Crippen LogP contribution in [-0.4, -0.2) is 41.1 Å². The number of morpholine rings is 1. The van der Waals surface area contributed by atoms with Crippen LogP contribution in [0.2, 0.25) is 5.02 Å². The Labute approximate surface area is 181 Å². The maximum Gasteiger partial charge on any atom is 0.228 e. The predicted molar refractivity (Wildman–Crippen MR) is 117 cm³/mol. The van der Waals surface area contributed by atoms with Crippen molar-refractivity contribution in [1.29, 1.82) is 0 Å². The van der Waals surface area contributed by atoms with Gasteiger partial charge in [-0.25, -0.2) is 0 Å². The molecule has 1 fully saturated rings. The second-order valence-corrected chi connectivity index (χ2v) is 9.13. The summed E-state index contributed by atoms with van der Waals surface area (Å²) in [6.45, 7) is 3.61. The molecule has 150 valence electrons. The number of hydrogen-bond acceptors (Lipinski definition) is 7. The smallest absolute Gasteiger partial charge is 0.228 e. The third-order valence-corrected chi connectivity index (χ3v) is 7.71. The number of halogens is 1. The number of ether oxygens (including phenoxy) is 1. The fraction of sp³-hybridized carbons (Fsp3) is 0.300. The largest absolute Gasteiger partial charge is 0.467 e. The molecular weight excluding hydrogens is 428 g/mol. The second-order valence-electron chi connectivity index (χ2n) is 6.67. The fourth-order valence-electron chi connectivity index (χ4n) is 3.37. The van der Waals surface area contributed by atoms with Gasteiger partial charge in [0.25, 0.3) is 0 Å². The van der Waals surface area contributed by atoms with E-state index in [1.54, 1.807) is 29.4 Å². The molecule has 5 rings (SSSR count). The van der Waals surface area contributed by atoms with Crippen molar-refractivity contribution in [2.75, 3.05) is 31.2 Å². The van der Waals surface area contributed by atoms with E-state index >= 15 is 0 Å². The van der Waals surface area contributed by atoms with Crippen LogP contribution in [0.25, 0.3) is 10.1 Å². The van der Waals surface area contributed by atoms with Gasteiger partial charge in [0, 0.05) is 33.8 Å². The van der Waals surface area contributed by atoms with Crippen LogP contribution in [0.15, 0.2) is 52.2 Å². The highest BCUT2D eigenvalue weighted by Crippen LogP contribution is 2.38. The number of benzene rings is 1. The van der Waals surface area contributed by atoms with Crippen molar-refractivity contribution in [3.05, 3.63) is 58.3 Å². The van der Waals surface area contributed by atoms with E-state index in [1.165, 1.54) is 4.70 Å². The van der Waals surface area contributed by atoms with Gasteiger partial charge in [0.15, 0.2) is 5.16 Å². The molecule has 0 spiro atoms. The van der Waals surface area contributed by atoms with Gasteiger partial charge >= 0.3 is 0 Å². The van der Waals surface area contributed by atoms with Crippen molar-refractivity contribution in [2.45, 2.75) is 17.5 Å². The van der Waals surface area contributed by atoms with Gasteiger partial charge in [-0.3, -0.25) is 4.57 Å². The fourth-order valence-corrected chi connectivity index (χ4v) is 5.96. The zero-order valence-electron chi connectivity index (χ0n) is 15.6. The first kappa shape index (κ1) is 19.0. The Bertz CT molecular complexity index is 1100. The number of thioether (sulfide) groups is 1. The van der Waals surface area contributed by atoms with Crippen molar-refractivity contribution in [3.63, 3.8) is 0 Å². The molecule has 1 aromatic carbocycles. The number of aromatic nitrogens is 3. The maximum atomic E-state index is 6.62. The first-order chi connectivity index (χ1) is 14.3. The molecule has 9 heteroatoms. The topological polar surface area (TPSA) is 56.3 Å². The average Bonchev–Trinajstić information content (AvgIpc) is 3.48. The first-order valence-electron chi connectivity index (χ1n) is 9.36. The van der Waals surface area contributed by atoms with Gasteiger partial charge in [-0.1, -0.05) is 41.6 Å². The highest BCUT2D eigenvalue weighted by Gasteiger charge is 2.22. The molecule has 4 aromatic rings. The molecule has 0 amide bonds. The molecule has 0 bridgehead atoms. The SMILES string of the molecule is Clc1c(CSc2nnc(N3CCOCC3)n2Cc2ccco2)sc2ccccc12. The van der Waals surface area contributed by atoms with Crippen molar-refractivity contribution < 1.29 is 9.15 Å². The van der Waals surface area contributed by atoms with E-state index in [2.05, 4.69) is 31.8 Å². The van der Waals surface area contributed by atoms with E-state index in [9.17, 15) is 0 Å². The second kappa shape index (κ2) is 8.39. The quantitative estimate of drug-likeness (QED) is 0.392. The van der Waals surface area contributed by atoms with Crippen LogP contribution < -0.4 is 4.90 Å². The van der Waals surface area contributed by atoms with Gasteiger partial charge < -0.3 is 14.1 Å². The Morgan fingerprint density at radius 3 is 2.76 bits per heavy atom. The molecule has 4 heterocycles. The van der Waals surface area contributed by atoms with E-state index < -0.39 is 0 Å². The molecule has 29 heavy (non-hydrogen) atoms.